The molecule has 1 amide bonds. The van der Waals surface area contributed by atoms with Gasteiger partial charge in [0.05, 0.1) is 17.7 Å². The minimum absolute atomic E-state index is 0.00720. The minimum Gasteiger partial charge on any atom is -0.356 e. The van der Waals surface area contributed by atoms with Gasteiger partial charge in [-0.05, 0) is 70.0 Å². The Morgan fingerprint density at radius 1 is 0.896 bits per heavy atom. The molecule has 0 radical (unpaired) electrons. The van der Waals surface area contributed by atoms with E-state index in [4.69, 9.17) is 9.08 Å². The summed E-state index contributed by atoms with van der Waals surface area (Å²) in [6.45, 7) is 6.65. The highest BCUT2D eigenvalue weighted by molar-refractivity contribution is 7.92. The van der Waals surface area contributed by atoms with E-state index in [1.54, 1.807) is 24.3 Å². The van der Waals surface area contributed by atoms with Crippen molar-refractivity contribution in [2.75, 3.05) is 23.3 Å². The molecule has 0 spiro atoms. The average Bonchev–Trinajstić information content (AvgIpc) is 3.53. The van der Waals surface area contributed by atoms with E-state index in [9.17, 15) is 17.4 Å². The van der Waals surface area contributed by atoms with Crippen molar-refractivity contribution in [3.8, 4) is 22.5 Å². The number of anilines is 1. The molecule has 1 aromatic heterocycles. The number of carbonyl (C=O) groups excluding carboxylic acids is 1. The molecule has 11 heteroatoms. The van der Waals surface area contributed by atoms with E-state index in [0.717, 1.165) is 39.8 Å². The van der Waals surface area contributed by atoms with Crippen LogP contribution in [0.25, 0.3) is 22.5 Å². The standard InChI is InChI=1S/C37H39N3O6S2/c1-37(2,3)31-16-12-27(13-17-31)33(22-25-8-10-28(11-9-25)36(41)38-20-21-47(42)43)34-24-35(46-39-34)30-7-5-6-29(23-30)26-14-18-32(19-15-26)40-48(4,44)45/h5-19,23-24,33,40H,20-22H2,1-4H3,(H,38,41)(H,42,43). The maximum absolute atomic E-state index is 12.5. The van der Waals surface area contributed by atoms with E-state index in [-0.39, 0.29) is 29.5 Å². The molecule has 250 valence electrons. The highest BCUT2D eigenvalue weighted by Crippen LogP contribution is 2.34. The fourth-order valence-corrected chi connectivity index (χ4v) is 6.22. The molecule has 5 rings (SSSR count). The number of carbonyl (C=O) groups is 1. The lowest BCUT2D eigenvalue weighted by molar-refractivity contribution is 0.0956. The summed E-state index contributed by atoms with van der Waals surface area (Å²) in [5.41, 5.74) is 7.78. The Labute approximate surface area is 284 Å². The molecule has 48 heavy (non-hydrogen) atoms. The first kappa shape index (κ1) is 34.7. The van der Waals surface area contributed by atoms with E-state index in [0.29, 0.717) is 23.4 Å². The van der Waals surface area contributed by atoms with Gasteiger partial charge in [-0.15, -0.1) is 0 Å². The molecule has 0 aliphatic rings. The summed E-state index contributed by atoms with van der Waals surface area (Å²) in [7, 11) is -3.36. The van der Waals surface area contributed by atoms with Crippen molar-refractivity contribution < 1.29 is 26.5 Å². The molecule has 0 aliphatic carbocycles. The van der Waals surface area contributed by atoms with Crippen molar-refractivity contribution >= 4 is 32.7 Å². The van der Waals surface area contributed by atoms with Gasteiger partial charge in [-0.25, -0.2) is 12.6 Å². The number of hydrogen-bond donors (Lipinski definition) is 3. The zero-order valence-corrected chi connectivity index (χ0v) is 28.9. The van der Waals surface area contributed by atoms with Crippen molar-refractivity contribution in [1.82, 2.24) is 10.5 Å². The van der Waals surface area contributed by atoms with Gasteiger partial charge >= 0.3 is 0 Å². The predicted octanol–water partition coefficient (Wildman–Crippen LogP) is 7.00. The van der Waals surface area contributed by atoms with Gasteiger partial charge in [0.2, 0.25) is 10.0 Å². The fraction of sp³-hybridized carbons (Fsp3) is 0.243. The molecular weight excluding hydrogens is 647 g/mol. The van der Waals surface area contributed by atoms with Gasteiger partial charge < -0.3 is 14.4 Å². The molecule has 2 unspecified atom stereocenters. The Morgan fingerprint density at radius 2 is 1.56 bits per heavy atom. The van der Waals surface area contributed by atoms with Crippen LogP contribution in [0.5, 0.6) is 0 Å². The van der Waals surface area contributed by atoms with Crippen LogP contribution in [0.15, 0.2) is 108 Å². The van der Waals surface area contributed by atoms with Crippen LogP contribution in [0.2, 0.25) is 0 Å². The molecule has 0 aliphatic heterocycles. The lowest BCUT2D eigenvalue weighted by Crippen LogP contribution is -2.27. The van der Waals surface area contributed by atoms with E-state index < -0.39 is 21.1 Å². The van der Waals surface area contributed by atoms with Crippen molar-refractivity contribution in [2.24, 2.45) is 0 Å². The Balaban J connectivity index is 1.41. The van der Waals surface area contributed by atoms with Crippen molar-refractivity contribution in [3.05, 3.63) is 131 Å². The van der Waals surface area contributed by atoms with Crippen LogP contribution in [0.4, 0.5) is 5.69 Å². The van der Waals surface area contributed by atoms with E-state index in [1.807, 2.05) is 54.6 Å². The summed E-state index contributed by atoms with van der Waals surface area (Å²) < 4.78 is 51.4. The number of amides is 1. The molecule has 2 atom stereocenters. The number of hydrogen-bond acceptors (Lipinski definition) is 6. The monoisotopic (exact) mass is 685 g/mol. The summed E-state index contributed by atoms with van der Waals surface area (Å²) >= 11 is -1.96. The Morgan fingerprint density at radius 3 is 2.19 bits per heavy atom. The van der Waals surface area contributed by atoms with Crippen LogP contribution in [0.3, 0.4) is 0 Å². The zero-order chi connectivity index (χ0) is 34.5. The SMILES string of the molecule is CC(C)(C)c1ccc(C(Cc2ccc(C(=O)NCCS(=O)O)cc2)c2cc(-c3cccc(-c4ccc(NS(C)(=O)=O)cc4)c3)on2)cc1. The minimum atomic E-state index is -3.36. The highest BCUT2D eigenvalue weighted by Gasteiger charge is 2.22. The Hall–Kier alpha value is -4.58. The van der Waals surface area contributed by atoms with Gasteiger partial charge in [0.25, 0.3) is 5.91 Å². The molecule has 4 aromatic carbocycles. The third-order valence-electron chi connectivity index (χ3n) is 7.95. The first-order valence-electron chi connectivity index (χ1n) is 15.5. The van der Waals surface area contributed by atoms with Crippen LogP contribution in [0, 0.1) is 0 Å². The quantitative estimate of drug-likeness (QED) is 0.120. The summed E-state index contributed by atoms with van der Waals surface area (Å²) in [6.07, 6.45) is 1.73. The van der Waals surface area contributed by atoms with Crippen LogP contribution < -0.4 is 10.0 Å². The van der Waals surface area contributed by atoms with E-state index >= 15 is 0 Å². The Bertz CT molecular complexity index is 2000. The summed E-state index contributed by atoms with van der Waals surface area (Å²) in [6, 6.07) is 32.9. The smallest absolute Gasteiger partial charge is 0.251 e. The lowest BCUT2D eigenvalue weighted by Gasteiger charge is -2.21. The van der Waals surface area contributed by atoms with Crippen LogP contribution in [0.1, 0.15) is 59.4 Å². The number of nitrogens with zero attached hydrogens (tertiary/aromatic N) is 1. The Kier molecular flexibility index (Phi) is 10.6. The largest absolute Gasteiger partial charge is 0.356 e. The number of benzene rings is 4. The van der Waals surface area contributed by atoms with Gasteiger partial charge in [0.15, 0.2) is 16.8 Å². The molecule has 0 saturated heterocycles. The van der Waals surface area contributed by atoms with Crippen LogP contribution in [-0.2, 0) is 32.9 Å². The second-order valence-electron chi connectivity index (χ2n) is 12.8. The van der Waals surface area contributed by atoms with Crippen LogP contribution in [-0.4, -0.2) is 46.8 Å². The first-order chi connectivity index (χ1) is 22.7. The van der Waals surface area contributed by atoms with Crippen LogP contribution >= 0.6 is 0 Å². The van der Waals surface area contributed by atoms with Crippen molar-refractivity contribution in [1.29, 1.82) is 0 Å². The third-order valence-corrected chi connectivity index (χ3v) is 9.11. The number of sulfonamides is 1. The fourth-order valence-electron chi connectivity index (χ4n) is 5.38. The van der Waals surface area contributed by atoms with E-state index in [2.05, 4.69) is 60.2 Å². The van der Waals surface area contributed by atoms with Crippen molar-refractivity contribution in [2.45, 2.75) is 38.5 Å². The van der Waals surface area contributed by atoms with Crippen molar-refractivity contribution in [3.63, 3.8) is 0 Å². The van der Waals surface area contributed by atoms with Gasteiger partial charge in [-0.2, -0.15) is 0 Å². The second-order valence-corrected chi connectivity index (χ2v) is 15.6. The van der Waals surface area contributed by atoms with Gasteiger partial charge in [0.1, 0.15) is 0 Å². The van der Waals surface area contributed by atoms with Gasteiger partial charge in [0, 0.05) is 35.3 Å². The summed E-state index contributed by atoms with van der Waals surface area (Å²) in [5, 5.41) is 7.19. The highest BCUT2D eigenvalue weighted by atomic mass is 32.2. The average molecular weight is 686 g/mol. The number of nitrogens with one attached hydrogen (secondary N) is 2. The molecule has 5 aromatic rings. The van der Waals surface area contributed by atoms with Gasteiger partial charge in [-0.3, -0.25) is 9.52 Å². The first-order valence-corrected chi connectivity index (χ1v) is 18.6. The maximum atomic E-state index is 12.5. The normalized spacial score (nSPS) is 13.1. The number of aromatic nitrogens is 1. The predicted molar refractivity (Wildman–Crippen MR) is 191 cm³/mol. The lowest BCUT2D eigenvalue weighted by atomic mass is 9.83. The molecule has 1 heterocycles. The molecule has 9 nitrogen and oxygen atoms in total. The second kappa shape index (κ2) is 14.7. The maximum Gasteiger partial charge on any atom is 0.251 e. The van der Waals surface area contributed by atoms with Gasteiger partial charge in [-0.1, -0.05) is 92.7 Å². The molecule has 0 fully saturated rings. The zero-order valence-electron chi connectivity index (χ0n) is 27.3. The molecule has 3 N–H and O–H groups in total. The number of rotatable bonds is 12. The summed E-state index contributed by atoms with van der Waals surface area (Å²) in [5.74, 6) is 0.163. The summed E-state index contributed by atoms with van der Waals surface area (Å²) in [4.78, 5) is 12.5. The molecular formula is C37H39N3O6S2. The molecule has 0 saturated carbocycles. The third kappa shape index (κ3) is 9.27. The van der Waals surface area contributed by atoms with E-state index in [1.165, 1.54) is 5.56 Å². The topological polar surface area (TPSA) is 139 Å². The molecule has 0 bridgehead atoms.